The molecule has 1 rings (SSSR count). The minimum absolute atomic E-state index is 0.107. The Hall–Kier alpha value is -2.77. The van der Waals surface area contributed by atoms with Crippen molar-refractivity contribution in [3.05, 3.63) is 0 Å². The number of aliphatic carboxylic acids is 2. The third kappa shape index (κ3) is 8.05. The molecule has 1 fully saturated rings. The van der Waals surface area contributed by atoms with Crippen molar-refractivity contribution in [1.82, 2.24) is 15.5 Å². The molecule has 5 atom stereocenters. The first-order valence-corrected chi connectivity index (χ1v) is 10.5. The first kappa shape index (κ1) is 27.3. The summed E-state index contributed by atoms with van der Waals surface area (Å²) in [5.41, 5.74) is 11.2. The number of carboxylic acids is 2. The molecule has 0 aromatic heterocycles. The third-order valence-corrected chi connectivity index (χ3v) is 5.18. The van der Waals surface area contributed by atoms with Gasteiger partial charge in [0.05, 0.1) is 18.6 Å². The van der Waals surface area contributed by atoms with E-state index in [2.05, 4.69) is 10.6 Å². The summed E-state index contributed by atoms with van der Waals surface area (Å²) in [6, 6.07) is -5.14. The molecule has 182 valence electrons. The van der Waals surface area contributed by atoms with Crippen LogP contribution in [0.1, 0.15) is 45.4 Å². The van der Waals surface area contributed by atoms with Gasteiger partial charge in [0, 0.05) is 6.54 Å². The summed E-state index contributed by atoms with van der Waals surface area (Å²) in [5, 5.41) is 32.9. The molecule has 0 spiro atoms. The largest absolute Gasteiger partial charge is 0.481 e. The van der Waals surface area contributed by atoms with E-state index < -0.39 is 66.4 Å². The Balaban J connectivity index is 2.91. The van der Waals surface area contributed by atoms with Gasteiger partial charge in [0.2, 0.25) is 17.7 Å². The maximum atomic E-state index is 12.8. The molecule has 13 nitrogen and oxygen atoms in total. The molecule has 1 aliphatic rings. The van der Waals surface area contributed by atoms with Crippen LogP contribution in [-0.4, -0.2) is 93.2 Å². The Morgan fingerprint density at radius 2 is 1.75 bits per heavy atom. The Bertz CT molecular complexity index is 701. The zero-order valence-corrected chi connectivity index (χ0v) is 18.0. The lowest BCUT2D eigenvalue weighted by atomic mass is 10.1. The summed E-state index contributed by atoms with van der Waals surface area (Å²) in [5.74, 6) is -5.18. The maximum absolute atomic E-state index is 12.8. The summed E-state index contributed by atoms with van der Waals surface area (Å²) < 4.78 is 0. The number of hydrogen-bond donors (Lipinski definition) is 7. The fourth-order valence-electron chi connectivity index (χ4n) is 3.43. The number of hydrogen-bond acceptors (Lipinski definition) is 8. The Kier molecular flexibility index (Phi) is 11.0. The Labute approximate surface area is 185 Å². The molecule has 0 aromatic rings. The number of carboxylic acid groups (broad SMARTS) is 2. The molecule has 1 saturated heterocycles. The van der Waals surface area contributed by atoms with E-state index in [0.717, 1.165) is 4.90 Å². The van der Waals surface area contributed by atoms with E-state index in [0.29, 0.717) is 32.2 Å². The van der Waals surface area contributed by atoms with Crippen LogP contribution in [0.15, 0.2) is 0 Å². The van der Waals surface area contributed by atoms with Gasteiger partial charge in [0.15, 0.2) is 0 Å². The molecule has 9 N–H and O–H groups in total. The van der Waals surface area contributed by atoms with Gasteiger partial charge in [-0.1, -0.05) is 6.42 Å². The molecule has 13 heteroatoms. The van der Waals surface area contributed by atoms with Gasteiger partial charge in [-0.15, -0.1) is 0 Å². The Morgan fingerprint density at radius 3 is 2.28 bits per heavy atom. The highest BCUT2D eigenvalue weighted by Crippen LogP contribution is 2.19. The maximum Gasteiger partial charge on any atom is 0.326 e. The molecule has 3 amide bonds. The summed E-state index contributed by atoms with van der Waals surface area (Å²) in [7, 11) is 0. The average molecular weight is 460 g/mol. The summed E-state index contributed by atoms with van der Waals surface area (Å²) >= 11 is 0. The summed E-state index contributed by atoms with van der Waals surface area (Å²) in [6.45, 7) is 1.78. The predicted octanol–water partition coefficient (Wildman–Crippen LogP) is -2.66. The quantitative estimate of drug-likeness (QED) is 0.141. The SMILES string of the molecule is CC(O)C(NC(=O)C(N)CCCCN)C(=O)NC(CC(=O)O)C(=O)N1CCCC1C(=O)O. The first-order chi connectivity index (χ1) is 15.0. The van der Waals surface area contributed by atoms with Gasteiger partial charge in [-0.05, 0) is 39.2 Å². The van der Waals surface area contributed by atoms with E-state index in [1.165, 1.54) is 6.92 Å². The third-order valence-electron chi connectivity index (χ3n) is 5.18. The predicted molar refractivity (Wildman–Crippen MR) is 111 cm³/mol. The van der Waals surface area contributed by atoms with Gasteiger partial charge in [-0.3, -0.25) is 19.2 Å². The molecule has 1 aliphatic heterocycles. The molecule has 0 aliphatic carbocycles. The number of nitrogens with two attached hydrogens (primary N) is 2. The van der Waals surface area contributed by atoms with Crippen molar-refractivity contribution in [2.45, 2.75) is 75.7 Å². The average Bonchev–Trinajstić information content (AvgIpc) is 3.20. The number of amides is 3. The van der Waals surface area contributed by atoms with Gasteiger partial charge >= 0.3 is 11.9 Å². The molecule has 32 heavy (non-hydrogen) atoms. The molecule has 1 heterocycles. The van der Waals surface area contributed by atoms with Gasteiger partial charge in [0.1, 0.15) is 18.1 Å². The summed E-state index contributed by atoms with van der Waals surface area (Å²) in [6.07, 6.45) is 0.0125. The molecule has 5 unspecified atom stereocenters. The number of nitrogens with zero attached hydrogens (tertiary/aromatic N) is 1. The van der Waals surface area contributed by atoms with Crippen molar-refractivity contribution in [1.29, 1.82) is 0 Å². The van der Waals surface area contributed by atoms with Crippen LogP contribution < -0.4 is 22.1 Å². The highest BCUT2D eigenvalue weighted by Gasteiger charge is 2.39. The van der Waals surface area contributed by atoms with Crippen LogP contribution in [0, 0.1) is 0 Å². The minimum atomic E-state index is -1.57. The van der Waals surface area contributed by atoms with Crippen molar-refractivity contribution in [2.24, 2.45) is 11.5 Å². The lowest BCUT2D eigenvalue weighted by Crippen LogP contribution is -2.60. The second kappa shape index (κ2) is 12.9. The number of unbranched alkanes of at least 4 members (excludes halogenated alkanes) is 1. The fourth-order valence-corrected chi connectivity index (χ4v) is 3.43. The van der Waals surface area contributed by atoms with Crippen LogP contribution >= 0.6 is 0 Å². The lowest BCUT2D eigenvalue weighted by molar-refractivity contribution is -0.150. The van der Waals surface area contributed by atoms with Crippen LogP contribution in [-0.2, 0) is 24.0 Å². The number of rotatable bonds is 13. The van der Waals surface area contributed by atoms with E-state index in [1.807, 2.05) is 0 Å². The second-order valence-electron chi connectivity index (χ2n) is 7.80. The number of aliphatic hydroxyl groups is 1. The van der Waals surface area contributed by atoms with E-state index in [9.17, 15) is 34.2 Å². The van der Waals surface area contributed by atoms with Crippen LogP contribution in [0.5, 0.6) is 0 Å². The minimum Gasteiger partial charge on any atom is -0.481 e. The van der Waals surface area contributed by atoms with Crippen molar-refractivity contribution in [3.8, 4) is 0 Å². The van der Waals surface area contributed by atoms with Gasteiger partial charge in [0.25, 0.3) is 0 Å². The zero-order chi connectivity index (χ0) is 24.4. The normalized spacial score (nSPS) is 19.5. The highest BCUT2D eigenvalue weighted by atomic mass is 16.4. The number of nitrogens with one attached hydrogen (secondary N) is 2. The molecule has 0 radical (unpaired) electrons. The highest BCUT2D eigenvalue weighted by molar-refractivity contribution is 5.96. The van der Waals surface area contributed by atoms with Crippen molar-refractivity contribution >= 4 is 29.7 Å². The van der Waals surface area contributed by atoms with Gasteiger partial charge < -0.3 is 42.3 Å². The second-order valence-corrected chi connectivity index (χ2v) is 7.80. The summed E-state index contributed by atoms with van der Waals surface area (Å²) in [4.78, 5) is 61.4. The smallest absolute Gasteiger partial charge is 0.326 e. The van der Waals surface area contributed by atoms with E-state index in [4.69, 9.17) is 16.6 Å². The monoisotopic (exact) mass is 459 g/mol. The molecule has 0 bridgehead atoms. The standard InChI is InChI=1S/C19H33N5O8/c1-10(25)15(23-16(28)11(21)5-2-3-7-20)17(29)22-12(9-14(26)27)18(30)24-8-4-6-13(24)19(31)32/h10-13,15,25H,2-9,20-21H2,1H3,(H,22,29)(H,23,28)(H,26,27)(H,31,32). The molecular formula is C19H33N5O8. The molecule has 0 saturated carbocycles. The van der Waals surface area contributed by atoms with Crippen LogP contribution in [0.25, 0.3) is 0 Å². The fraction of sp³-hybridized carbons (Fsp3) is 0.737. The lowest BCUT2D eigenvalue weighted by Gasteiger charge is -2.29. The van der Waals surface area contributed by atoms with Crippen molar-refractivity contribution in [2.75, 3.05) is 13.1 Å². The number of likely N-dealkylation sites (tertiary alicyclic amines) is 1. The topological polar surface area (TPSA) is 225 Å². The van der Waals surface area contributed by atoms with Gasteiger partial charge in [-0.25, -0.2) is 4.79 Å². The number of carbonyl (C=O) groups is 5. The van der Waals surface area contributed by atoms with Crippen LogP contribution in [0.2, 0.25) is 0 Å². The number of aliphatic hydroxyl groups excluding tert-OH is 1. The molecular weight excluding hydrogens is 426 g/mol. The van der Waals surface area contributed by atoms with Gasteiger partial charge in [-0.2, -0.15) is 0 Å². The number of carbonyl (C=O) groups excluding carboxylic acids is 3. The zero-order valence-electron chi connectivity index (χ0n) is 18.0. The van der Waals surface area contributed by atoms with Crippen LogP contribution in [0.4, 0.5) is 0 Å². The first-order valence-electron chi connectivity index (χ1n) is 10.5. The van der Waals surface area contributed by atoms with E-state index >= 15 is 0 Å². The van der Waals surface area contributed by atoms with Crippen LogP contribution in [0.3, 0.4) is 0 Å². The van der Waals surface area contributed by atoms with Crippen molar-refractivity contribution in [3.63, 3.8) is 0 Å². The van der Waals surface area contributed by atoms with Crippen molar-refractivity contribution < 1.29 is 39.3 Å². The van der Waals surface area contributed by atoms with E-state index in [-0.39, 0.29) is 13.0 Å². The van der Waals surface area contributed by atoms with E-state index in [1.54, 1.807) is 0 Å². The Morgan fingerprint density at radius 1 is 1.09 bits per heavy atom. The molecule has 0 aromatic carbocycles.